The van der Waals surface area contributed by atoms with Gasteiger partial charge in [-0.05, 0) is 31.5 Å². The van der Waals surface area contributed by atoms with E-state index >= 15 is 0 Å². The van der Waals surface area contributed by atoms with Crippen molar-refractivity contribution >= 4 is 29.0 Å². The Morgan fingerprint density at radius 3 is 2.57 bits per heavy atom. The Bertz CT molecular complexity index is 730. The van der Waals surface area contributed by atoms with Gasteiger partial charge in [0.05, 0.1) is 16.0 Å². The maximum absolute atomic E-state index is 11.9. The van der Waals surface area contributed by atoms with Gasteiger partial charge >= 0.3 is 0 Å². The number of allylic oxidation sites excluding steroid dienone is 3. The fourth-order valence-electron chi connectivity index (χ4n) is 2.36. The zero-order valence-electron chi connectivity index (χ0n) is 11.4. The molecule has 1 atom stereocenters. The molecule has 1 aliphatic heterocycles. The topological polar surface area (TPSA) is 76.1 Å². The number of carbonyl (C=O) groups is 1. The molecule has 0 spiro atoms. The molecule has 0 saturated carbocycles. The molecule has 0 aliphatic carbocycles. The van der Waals surface area contributed by atoms with E-state index in [9.17, 15) is 10.1 Å². The summed E-state index contributed by atoms with van der Waals surface area (Å²) >= 11 is 11.9. The van der Waals surface area contributed by atoms with Gasteiger partial charge in [0.2, 0.25) is 5.88 Å². The molecule has 1 unspecified atom stereocenters. The maximum atomic E-state index is 11.9. The quantitative estimate of drug-likeness (QED) is 0.901. The SMILES string of the molecule is CC(=O)C1=C(C)OC(N)=C(C#N)C1c1ccc(Cl)c(Cl)c1. The molecule has 108 valence electrons. The van der Waals surface area contributed by atoms with Crippen LogP contribution in [-0.2, 0) is 9.53 Å². The van der Waals surface area contributed by atoms with Crippen LogP contribution in [0.25, 0.3) is 0 Å². The van der Waals surface area contributed by atoms with Crippen LogP contribution in [0.1, 0.15) is 25.3 Å². The highest BCUT2D eigenvalue weighted by Gasteiger charge is 2.33. The number of Topliss-reactive ketones (excluding diaryl/α,β-unsaturated/α-hetero) is 1. The summed E-state index contributed by atoms with van der Waals surface area (Å²) in [7, 11) is 0. The lowest BCUT2D eigenvalue weighted by molar-refractivity contribution is -0.114. The molecule has 0 fully saturated rings. The van der Waals surface area contributed by atoms with Crippen LogP contribution in [0.15, 0.2) is 41.0 Å². The third-order valence-corrected chi connectivity index (χ3v) is 4.00. The number of nitriles is 1. The van der Waals surface area contributed by atoms with E-state index in [1.807, 2.05) is 6.07 Å². The minimum atomic E-state index is -0.601. The van der Waals surface area contributed by atoms with Crippen LogP contribution in [0.4, 0.5) is 0 Å². The molecule has 2 N–H and O–H groups in total. The average molecular weight is 323 g/mol. The summed E-state index contributed by atoms with van der Waals surface area (Å²) in [5, 5.41) is 10.1. The summed E-state index contributed by atoms with van der Waals surface area (Å²) in [5.41, 5.74) is 7.00. The number of ketones is 1. The molecule has 1 aromatic rings. The smallest absolute Gasteiger partial charge is 0.205 e. The highest BCUT2D eigenvalue weighted by Crippen LogP contribution is 2.40. The lowest BCUT2D eigenvalue weighted by atomic mass is 9.81. The number of nitrogens with zero attached hydrogens (tertiary/aromatic N) is 1. The molecule has 0 aromatic heterocycles. The number of hydrogen-bond acceptors (Lipinski definition) is 4. The van der Waals surface area contributed by atoms with Gasteiger partial charge in [-0.1, -0.05) is 29.3 Å². The van der Waals surface area contributed by atoms with Crippen LogP contribution in [0.3, 0.4) is 0 Å². The van der Waals surface area contributed by atoms with Gasteiger partial charge in [0.25, 0.3) is 0 Å². The summed E-state index contributed by atoms with van der Waals surface area (Å²) in [6.07, 6.45) is 0. The minimum absolute atomic E-state index is 0.00364. The second-order valence-electron chi connectivity index (χ2n) is 4.62. The van der Waals surface area contributed by atoms with Crippen molar-refractivity contribution in [2.24, 2.45) is 5.73 Å². The summed E-state index contributed by atoms with van der Waals surface area (Å²) in [5.74, 6) is -0.411. The summed E-state index contributed by atoms with van der Waals surface area (Å²) in [6, 6.07) is 6.97. The first kappa shape index (κ1) is 15.4. The highest BCUT2D eigenvalue weighted by atomic mass is 35.5. The van der Waals surface area contributed by atoms with Gasteiger partial charge in [-0.2, -0.15) is 5.26 Å². The molecule has 0 amide bonds. The van der Waals surface area contributed by atoms with E-state index < -0.39 is 5.92 Å². The van der Waals surface area contributed by atoms with Gasteiger partial charge in [-0.15, -0.1) is 0 Å². The number of nitrogens with two attached hydrogens (primary N) is 1. The largest absolute Gasteiger partial charge is 0.445 e. The Labute approximate surface area is 132 Å². The molecule has 6 heteroatoms. The van der Waals surface area contributed by atoms with Crippen LogP contribution in [0.2, 0.25) is 10.0 Å². The number of benzene rings is 1. The van der Waals surface area contributed by atoms with Gasteiger partial charge in [0.1, 0.15) is 17.4 Å². The van der Waals surface area contributed by atoms with Crippen molar-refractivity contribution in [3.05, 3.63) is 56.6 Å². The third kappa shape index (κ3) is 2.76. The Hall–Kier alpha value is -1.96. The number of halogens is 2. The van der Waals surface area contributed by atoms with E-state index in [2.05, 4.69) is 0 Å². The first-order valence-electron chi connectivity index (χ1n) is 6.11. The van der Waals surface area contributed by atoms with Gasteiger partial charge in [0, 0.05) is 5.57 Å². The van der Waals surface area contributed by atoms with E-state index in [0.717, 1.165) is 0 Å². The van der Waals surface area contributed by atoms with Crippen LogP contribution < -0.4 is 5.73 Å². The predicted octanol–water partition coefficient (Wildman–Crippen LogP) is 3.66. The first-order chi connectivity index (χ1) is 9.86. The fourth-order valence-corrected chi connectivity index (χ4v) is 2.67. The van der Waals surface area contributed by atoms with Gasteiger partial charge in [-0.25, -0.2) is 0 Å². The van der Waals surface area contributed by atoms with Gasteiger partial charge < -0.3 is 10.5 Å². The molecule has 0 radical (unpaired) electrons. The molecule has 0 saturated heterocycles. The zero-order chi connectivity index (χ0) is 15.7. The molecule has 0 bridgehead atoms. The number of carbonyl (C=O) groups excluding carboxylic acids is 1. The minimum Gasteiger partial charge on any atom is -0.445 e. The molecule has 21 heavy (non-hydrogen) atoms. The van der Waals surface area contributed by atoms with Crippen molar-refractivity contribution in [3.8, 4) is 6.07 Å². The van der Waals surface area contributed by atoms with Crippen molar-refractivity contribution in [1.29, 1.82) is 5.26 Å². The van der Waals surface area contributed by atoms with E-state index in [4.69, 9.17) is 33.7 Å². The molecule has 1 aliphatic rings. The van der Waals surface area contributed by atoms with E-state index in [-0.39, 0.29) is 17.2 Å². The van der Waals surface area contributed by atoms with Gasteiger partial charge in [-0.3, -0.25) is 4.79 Å². The van der Waals surface area contributed by atoms with E-state index in [1.54, 1.807) is 25.1 Å². The van der Waals surface area contributed by atoms with Crippen molar-refractivity contribution < 1.29 is 9.53 Å². The average Bonchev–Trinajstić information content (AvgIpc) is 2.40. The molecular formula is C15H12Cl2N2O2. The lowest BCUT2D eigenvalue weighted by Gasteiger charge is -2.26. The second-order valence-corrected chi connectivity index (χ2v) is 5.44. The van der Waals surface area contributed by atoms with Crippen molar-refractivity contribution in [2.45, 2.75) is 19.8 Å². The van der Waals surface area contributed by atoms with Crippen molar-refractivity contribution in [1.82, 2.24) is 0 Å². The predicted molar refractivity (Wildman–Crippen MR) is 80.5 cm³/mol. The van der Waals surface area contributed by atoms with E-state index in [1.165, 1.54) is 6.92 Å². The monoisotopic (exact) mass is 322 g/mol. The normalized spacial score (nSPS) is 18.3. The molecule has 1 heterocycles. The number of hydrogen-bond donors (Lipinski definition) is 1. The first-order valence-corrected chi connectivity index (χ1v) is 6.86. The van der Waals surface area contributed by atoms with Gasteiger partial charge in [0.15, 0.2) is 5.78 Å². The summed E-state index contributed by atoms with van der Waals surface area (Å²) in [4.78, 5) is 11.9. The fraction of sp³-hybridized carbons (Fsp3) is 0.200. The number of ether oxygens (including phenoxy) is 1. The Morgan fingerprint density at radius 2 is 2.05 bits per heavy atom. The van der Waals surface area contributed by atoms with E-state index in [0.29, 0.717) is 26.9 Å². The molecule has 4 nitrogen and oxygen atoms in total. The van der Waals surface area contributed by atoms with Crippen LogP contribution in [-0.4, -0.2) is 5.78 Å². The highest BCUT2D eigenvalue weighted by molar-refractivity contribution is 6.42. The second kappa shape index (κ2) is 5.80. The summed E-state index contributed by atoms with van der Waals surface area (Å²) < 4.78 is 5.30. The van der Waals surface area contributed by atoms with Crippen molar-refractivity contribution in [2.75, 3.05) is 0 Å². The maximum Gasteiger partial charge on any atom is 0.205 e. The Morgan fingerprint density at radius 1 is 1.38 bits per heavy atom. The third-order valence-electron chi connectivity index (χ3n) is 3.26. The zero-order valence-corrected chi connectivity index (χ0v) is 12.9. The molecule has 1 aromatic carbocycles. The Kier molecular flexibility index (Phi) is 4.26. The number of rotatable bonds is 2. The molecule has 2 rings (SSSR count). The standard InChI is InChI=1S/C15H12Cl2N2O2/c1-7(20)13-8(2)21-15(19)10(6-18)14(13)9-3-4-11(16)12(17)5-9/h3-5,14H,19H2,1-2H3. The Balaban J connectivity index is 2.68. The molecular weight excluding hydrogens is 311 g/mol. The lowest BCUT2D eigenvalue weighted by Crippen LogP contribution is -2.23. The van der Waals surface area contributed by atoms with Crippen LogP contribution >= 0.6 is 23.2 Å². The van der Waals surface area contributed by atoms with Crippen LogP contribution in [0, 0.1) is 11.3 Å². The van der Waals surface area contributed by atoms with Crippen molar-refractivity contribution in [3.63, 3.8) is 0 Å². The summed E-state index contributed by atoms with van der Waals surface area (Å²) in [6.45, 7) is 3.06. The van der Waals surface area contributed by atoms with Crippen LogP contribution in [0.5, 0.6) is 0 Å².